The number of ketones is 2. The lowest BCUT2D eigenvalue weighted by Crippen LogP contribution is -2.55. The fourth-order valence-electron chi connectivity index (χ4n) is 10.2. The number of nitrogens with one attached hydrogen (secondary N) is 4. The molecule has 2 aliphatic heterocycles. The lowest BCUT2D eigenvalue weighted by atomic mass is 9.88. The summed E-state index contributed by atoms with van der Waals surface area (Å²) in [4.78, 5) is 99.3. The molecule has 0 spiro atoms. The molecule has 1 aromatic heterocycles. The number of aryl methyl sites for hydroxylation is 1. The average Bonchev–Trinajstić information content (AvgIpc) is 4.28. The normalized spacial score (nSPS) is 16.8. The van der Waals surface area contributed by atoms with Crippen LogP contribution in [0.3, 0.4) is 0 Å². The fourth-order valence-corrected chi connectivity index (χ4v) is 10.2. The first kappa shape index (κ1) is 60.7. The lowest BCUT2D eigenvalue weighted by Gasteiger charge is -2.32. The van der Waals surface area contributed by atoms with Crippen LogP contribution in [-0.4, -0.2) is 127 Å². The molecule has 7 rings (SSSR count). The molecule has 5 aromatic rings. The quantitative estimate of drug-likeness (QED) is 0.0289. The smallest absolute Gasteiger partial charge is 0.407 e. The van der Waals surface area contributed by atoms with Gasteiger partial charge in [-0.15, -0.1) is 10.2 Å². The van der Waals surface area contributed by atoms with E-state index < -0.39 is 59.6 Å². The van der Waals surface area contributed by atoms with E-state index in [1.807, 2.05) is 102 Å². The summed E-state index contributed by atoms with van der Waals surface area (Å²) in [5.41, 5.74) is 2.37. The van der Waals surface area contributed by atoms with Crippen LogP contribution in [0, 0.1) is 17.8 Å². The van der Waals surface area contributed by atoms with Gasteiger partial charge in [0.2, 0.25) is 17.6 Å². The molecule has 19 heteroatoms. The van der Waals surface area contributed by atoms with Gasteiger partial charge in [-0.1, -0.05) is 102 Å². The Hall–Kier alpha value is -7.93. The minimum Gasteiger partial charge on any atom is -0.508 e. The maximum Gasteiger partial charge on any atom is 0.407 e. The molecule has 0 bridgehead atoms. The van der Waals surface area contributed by atoms with E-state index in [2.05, 4.69) is 31.5 Å². The number of aromatic nitrogens is 3. The number of hydrogen-bond donors (Lipinski definition) is 6. The predicted molar refractivity (Wildman–Crippen MR) is 305 cm³/mol. The van der Waals surface area contributed by atoms with Gasteiger partial charge in [-0.2, -0.15) is 0 Å². The van der Waals surface area contributed by atoms with E-state index in [1.54, 1.807) is 49.1 Å². The van der Waals surface area contributed by atoms with E-state index in [4.69, 9.17) is 9.47 Å². The van der Waals surface area contributed by atoms with Gasteiger partial charge in [0.15, 0.2) is 17.4 Å². The number of amides is 5. The van der Waals surface area contributed by atoms with Gasteiger partial charge in [-0.25, -0.2) is 4.79 Å². The van der Waals surface area contributed by atoms with Crippen molar-refractivity contribution in [3.05, 3.63) is 125 Å². The Morgan fingerprint density at radius 1 is 0.741 bits per heavy atom. The number of nitrogens with zero attached hydrogens (tertiary/aromatic N) is 4. The number of piperidine rings is 1. The van der Waals surface area contributed by atoms with E-state index in [0.29, 0.717) is 55.5 Å². The van der Waals surface area contributed by atoms with Crippen LogP contribution >= 0.6 is 0 Å². The first-order chi connectivity index (χ1) is 38.6. The summed E-state index contributed by atoms with van der Waals surface area (Å²) in [7, 11) is 0. The van der Waals surface area contributed by atoms with Crippen LogP contribution in [0.4, 0.5) is 4.79 Å². The van der Waals surface area contributed by atoms with Gasteiger partial charge in [0.25, 0.3) is 11.8 Å². The zero-order chi connectivity index (χ0) is 58.5. The van der Waals surface area contributed by atoms with Crippen molar-refractivity contribution in [3.8, 4) is 28.6 Å². The largest absolute Gasteiger partial charge is 0.508 e. The van der Waals surface area contributed by atoms with Crippen LogP contribution in [0.25, 0.3) is 17.1 Å². The van der Waals surface area contributed by atoms with Gasteiger partial charge in [0.05, 0.1) is 24.3 Å². The van der Waals surface area contributed by atoms with E-state index in [9.17, 15) is 43.8 Å². The minimum atomic E-state index is -1.08. The van der Waals surface area contributed by atoms with Crippen LogP contribution in [0.15, 0.2) is 97.1 Å². The molecule has 3 heterocycles. The average molecular weight is 1110 g/mol. The number of carbonyl (C=O) groups excluding carboxylic acids is 7. The van der Waals surface area contributed by atoms with Crippen molar-refractivity contribution in [1.29, 1.82) is 0 Å². The third-order valence-electron chi connectivity index (χ3n) is 14.8. The van der Waals surface area contributed by atoms with Crippen molar-refractivity contribution in [2.24, 2.45) is 17.8 Å². The fraction of sp³-hybridized carbons (Fsp3) is 0.468. The highest BCUT2D eigenvalue weighted by Crippen LogP contribution is 2.38. The Balaban J connectivity index is 1.01. The standard InChI is InChI=1S/C62H78N8O11/c1-9-63-59(77)56-68-67-55(47-34-46(39(6)7)51(71)35-52(47)72)70(56)44-23-21-42(22-24-44)60(78)69-28-26-45(27-29-69)81-61(79)66-48(25-20-40-16-12-10-13-17-40)53(73)33-43(30-37(2)3)57(75)65-50(32-41-18-14-11-15-19-41)58(76)64-49(31-38(4)5)54(74)62(8)36-80-62/h10-19,21-24,34-35,37-39,43,45,48-50,71-72H,9,20,25-33,36H2,1-8H3,(H,63,77)(H,64,76)(H,65,75)(H,66,79)/t43-,48+,49+,50+,62-/m1/s1. The van der Waals surface area contributed by atoms with Gasteiger partial charge in [-0.3, -0.25) is 33.3 Å². The SMILES string of the molecule is CCNC(=O)c1nnc(-c2cc(C(C)C)c(O)cc2O)n1-c1ccc(C(=O)N2CCC(OC(=O)N[C@@H](CCc3ccccc3)C(=O)C[C@@H](CC(C)C)C(=O)N[C@@H](Cc3ccccc3)C(=O)N[C@@H](CC(C)C)C(=O)[C@@]3(C)CO3)CC2)cc1. The molecule has 0 saturated carbocycles. The molecule has 19 nitrogen and oxygen atoms in total. The van der Waals surface area contributed by atoms with Crippen molar-refractivity contribution in [3.63, 3.8) is 0 Å². The Kier molecular flexibility index (Phi) is 20.6. The zero-order valence-electron chi connectivity index (χ0n) is 47.7. The van der Waals surface area contributed by atoms with Crippen LogP contribution < -0.4 is 21.3 Å². The first-order valence-electron chi connectivity index (χ1n) is 28.2. The van der Waals surface area contributed by atoms with Crippen molar-refractivity contribution in [2.75, 3.05) is 26.2 Å². The summed E-state index contributed by atoms with van der Waals surface area (Å²) >= 11 is 0. The van der Waals surface area contributed by atoms with Crippen molar-refractivity contribution in [1.82, 2.24) is 40.9 Å². The molecule has 2 aliphatic rings. The topological polar surface area (TPSA) is 264 Å². The van der Waals surface area contributed by atoms with Gasteiger partial charge in [-0.05, 0) is 104 Å². The zero-order valence-corrected chi connectivity index (χ0v) is 47.7. The number of carbonyl (C=O) groups is 7. The predicted octanol–water partition coefficient (Wildman–Crippen LogP) is 7.79. The summed E-state index contributed by atoms with van der Waals surface area (Å²) < 4.78 is 12.9. The van der Waals surface area contributed by atoms with Crippen molar-refractivity contribution >= 4 is 41.3 Å². The maximum atomic E-state index is 14.5. The minimum absolute atomic E-state index is 0.0199. The first-order valence-corrected chi connectivity index (χ1v) is 28.2. The molecule has 6 N–H and O–H groups in total. The monoisotopic (exact) mass is 1110 g/mol. The Morgan fingerprint density at radius 2 is 1.36 bits per heavy atom. The van der Waals surface area contributed by atoms with Crippen LogP contribution in [0.2, 0.25) is 0 Å². The number of benzene rings is 4. The molecule has 2 fully saturated rings. The second-order valence-corrected chi connectivity index (χ2v) is 22.6. The van der Waals surface area contributed by atoms with Gasteiger partial charge < -0.3 is 45.9 Å². The van der Waals surface area contributed by atoms with Crippen molar-refractivity contribution < 1.29 is 53.2 Å². The van der Waals surface area contributed by atoms with Gasteiger partial charge in [0, 0.05) is 68.6 Å². The molecule has 0 aliphatic carbocycles. The number of phenols is 2. The number of ether oxygens (including phenoxy) is 2. The van der Waals surface area contributed by atoms with Gasteiger partial charge in [0.1, 0.15) is 29.2 Å². The Labute approximate surface area is 474 Å². The molecule has 432 valence electrons. The highest BCUT2D eigenvalue weighted by Gasteiger charge is 2.50. The van der Waals surface area contributed by atoms with E-state index in [-0.39, 0.29) is 103 Å². The molecule has 0 unspecified atom stereocenters. The number of phenolic OH excluding ortho intramolecular Hbond substituents is 2. The molecular formula is C62H78N8O11. The Bertz CT molecular complexity index is 3000. The van der Waals surface area contributed by atoms with Crippen molar-refractivity contribution in [2.45, 2.75) is 143 Å². The summed E-state index contributed by atoms with van der Waals surface area (Å²) in [6.07, 6.45) is 0.524. The maximum absolute atomic E-state index is 14.5. The summed E-state index contributed by atoms with van der Waals surface area (Å²) in [5, 5.41) is 41.4. The lowest BCUT2D eigenvalue weighted by molar-refractivity contribution is -0.135. The molecule has 5 atom stereocenters. The molecule has 2 saturated heterocycles. The third kappa shape index (κ3) is 16.1. The van der Waals surface area contributed by atoms with E-state index in [0.717, 1.165) is 11.1 Å². The molecule has 0 radical (unpaired) electrons. The number of Topliss-reactive ketones (excluding diaryl/α,β-unsaturated/α-hetero) is 2. The summed E-state index contributed by atoms with van der Waals surface area (Å²) in [5.74, 6) is -3.54. The third-order valence-corrected chi connectivity index (χ3v) is 14.8. The van der Waals surface area contributed by atoms with Crippen LogP contribution in [0.5, 0.6) is 11.5 Å². The van der Waals surface area contributed by atoms with Crippen LogP contribution in [-0.2, 0) is 41.5 Å². The molecule has 4 aromatic carbocycles. The number of likely N-dealkylation sites (tertiary alicyclic amines) is 1. The molecule has 81 heavy (non-hydrogen) atoms. The van der Waals surface area contributed by atoms with Crippen LogP contribution in [0.1, 0.15) is 138 Å². The van der Waals surface area contributed by atoms with E-state index >= 15 is 0 Å². The highest BCUT2D eigenvalue weighted by atomic mass is 16.6. The second kappa shape index (κ2) is 27.5. The second-order valence-electron chi connectivity index (χ2n) is 22.6. The summed E-state index contributed by atoms with van der Waals surface area (Å²) in [6.45, 7) is 16.2. The number of rotatable bonds is 26. The van der Waals surface area contributed by atoms with E-state index in [1.165, 1.54) is 10.6 Å². The molecule has 5 amide bonds. The number of epoxide rings is 1. The highest BCUT2D eigenvalue weighted by molar-refractivity contribution is 5.99. The number of aromatic hydroxyl groups is 2. The number of hydrogen-bond acceptors (Lipinski definition) is 13. The summed E-state index contributed by atoms with van der Waals surface area (Å²) in [6, 6.07) is 25.2. The number of alkyl carbamates (subject to hydrolysis) is 1. The van der Waals surface area contributed by atoms with Gasteiger partial charge >= 0.3 is 6.09 Å². The Morgan fingerprint density at radius 3 is 1.95 bits per heavy atom. The molecular weight excluding hydrogens is 1030 g/mol.